The fraction of sp³-hybridized carbons (Fsp3) is 0.286. The lowest BCUT2D eigenvalue weighted by Gasteiger charge is -2.20. The van der Waals surface area contributed by atoms with Crippen molar-refractivity contribution >= 4 is 23.5 Å². The SMILES string of the molecule is CCN(C(=O)COC(=O)CNC(=O)c1cc(OC)cc(OC)c1)c1ccc(F)cc1. The molecule has 0 radical (unpaired) electrons. The number of methoxy groups -OCH3 is 2. The van der Waals surface area contributed by atoms with Gasteiger partial charge in [0.25, 0.3) is 11.8 Å². The molecule has 0 spiro atoms. The van der Waals surface area contributed by atoms with Crippen LogP contribution in [0.2, 0.25) is 0 Å². The Labute approximate surface area is 173 Å². The summed E-state index contributed by atoms with van der Waals surface area (Å²) in [5.41, 5.74) is 0.726. The van der Waals surface area contributed by atoms with Crippen molar-refractivity contribution in [2.24, 2.45) is 0 Å². The van der Waals surface area contributed by atoms with Crippen molar-refractivity contribution in [3.63, 3.8) is 0 Å². The molecule has 0 saturated carbocycles. The Balaban J connectivity index is 1.87. The number of likely N-dealkylation sites (N-methyl/N-ethyl adjacent to an activating group) is 1. The zero-order valence-corrected chi connectivity index (χ0v) is 16.9. The van der Waals surface area contributed by atoms with Gasteiger partial charge in [0.05, 0.1) is 14.2 Å². The second-order valence-corrected chi connectivity index (χ2v) is 6.06. The minimum absolute atomic E-state index is 0.239. The standard InChI is InChI=1S/C21H23FN2O6/c1-4-24(16-7-5-15(22)6-8-16)19(25)13-30-20(26)12-23-21(27)14-9-17(28-2)11-18(10-14)29-3/h5-11H,4,12-13H2,1-3H3,(H,23,27). The highest BCUT2D eigenvalue weighted by molar-refractivity contribution is 5.97. The van der Waals surface area contributed by atoms with Gasteiger partial charge in [-0.05, 0) is 43.3 Å². The van der Waals surface area contributed by atoms with Crippen LogP contribution in [0.3, 0.4) is 0 Å². The van der Waals surface area contributed by atoms with Crippen LogP contribution in [0.5, 0.6) is 11.5 Å². The maximum absolute atomic E-state index is 13.0. The van der Waals surface area contributed by atoms with Gasteiger partial charge in [-0.3, -0.25) is 14.4 Å². The number of carbonyl (C=O) groups is 3. The first-order valence-electron chi connectivity index (χ1n) is 9.10. The minimum Gasteiger partial charge on any atom is -0.497 e. The number of halogens is 1. The van der Waals surface area contributed by atoms with Crippen LogP contribution in [-0.2, 0) is 14.3 Å². The van der Waals surface area contributed by atoms with Gasteiger partial charge in [0.15, 0.2) is 6.61 Å². The largest absolute Gasteiger partial charge is 0.497 e. The summed E-state index contributed by atoms with van der Waals surface area (Å²) in [6.45, 7) is 1.13. The van der Waals surface area contributed by atoms with Crippen molar-refractivity contribution in [1.29, 1.82) is 0 Å². The number of nitrogens with one attached hydrogen (secondary N) is 1. The molecule has 2 amide bonds. The summed E-state index contributed by atoms with van der Waals surface area (Å²) in [5, 5.41) is 2.42. The molecule has 2 aromatic carbocycles. The molecule has 1 N–H and O–H groups in total. The van der Waals surface area contributed by atoms with E-state index >= 15 is 0 Å². The van der Waals surface area contributed by atoms with Crippen molar-refractivity contribution in [2.75, 3.05) is 38.8 Å². The number of esters is 1. The zero-order chi connectivity index (χ0) is 22.1. The third-order valence-electron chi connectivity index (χ3n) is 4.12. The van der Waals surface area contributed by atoms with Gasteiger partial charge in [-0.1, -0.05) is 0 Å². The first-order valence-corrected chi connectivity index (χ1v) is 9.10. The zero-order valence-electron chi connectivity index (χ0n) is 16.9. The van der Waals surface area contributed by atoms with Crippen molar-refractivity contribution in [3.8, 4) is 11.5 Å². The number of amides is 2. The van der Waals surface area contributed by atoms with Gasteiger partial charge in [-0.15, -0.1) is 0 Å². The maximum atomic E-state index is 13.0. The molecule has 30 heavy (non-hydrogen) atoms. The Hall–Kier alpha value is -3.62. The van der Waals surface area contributed by atoms with Crippen LogP contribution < -0.4 is 19.7 Å². The molecule has 0 heterocycles. The fourth-order valence-electron chi connectivity index (χ4n) is 2.59. The summed E-state index contributed by atoms with van der Waals surface area (Å²) in [4.78, 5) is 37.8. The first kappa shape index (κ1) is 22.7. The molecule has 2 aromatic rings. The highest BCUT2D eigenvalue weighted by Crippen LogP contribution is 2.22. The Morgan fingerprint density at radius 1 is 1.00 bits per heavy atom. The van der Waals surface area contributed by atoms with Crippen LogP contribution in [0.15, 0.2) is 42.5 Å². The van der Waals surface area contributed by atoms with E-state index in [-0.39, 0.29) is 5.56 Å². The summed E-state index contributed by atoms with van der Waals surface area (Å²) in [6, 6.07) is 9.99. The lowest BCUT2D eigenvalue weighted by atomic mass is 10.2. The summed E-state index contributed by atoms with van der Waals surface area (Å²) >= 11 is 0. The fourth-order valence-corrected chi connectivity index (χ4v) is 2.59. The molecule has 0 aliphatic rings. The normalized spacial score (nSPS) is 10.1. The molecular weight excluding hydrogens is 395 g/mol. The summed E-state index contributed by atoms with van der Waals surface area (Å²) < 4.78 is 28.2. The van der Waals surface area contributed by atoms with E-state index in [1.807, 2.05) is 0 Å². The second-order valence-electron chi connectivity index (χ2n) is 6.06. The van der Waals surface area contributed by atoms with Crippen LogP contribution in [0.25, 0.3) is 0 Å². The maximum Gasteiger partial charge on any atom is 0.325 e. The number of hydrogen-bond acceptors (Lipinski definition) is 6. The number of rotatable bonds is 9. The predicted molar refractivity (Wildman–Crippen MR) is 107 cm³/mol. The topological polar surface area (TPSA) is 94.2 Å². The molecular formula is C21H23FN2O6. The van der Waals surface area contributed by atoms with E-state index in [9.17, 15) is 18.8 Å². The van der Waals surface area contributed by atoms with Gasteiger partial charge in [0.2, 0.25) is 0 Å². The van der Waals surface area contributed by atoms with E-state index in [4.69, 9.17) is 14.2 Å². The highest BCUT2D eigenvalue weighted by Gasteiger charge is 2.17. The van der Waals surface area contributed by atoms with Crippen molar-refractivity contribution in [2.45, 2.75) is 6.92 Å². The Kier molecular flexibility index (Phi) is 8.16. The molecule has 2 rings (SSSR count). The Morgan fingerprint density at radius 2 is 1.60 bits per heavy atom. The second kappa shape index (κ2) is 10.8. The van der Waals surface area contributed by atoms with E-state index < -0.39 is 36.8 Å². The van der Waals surface area contributed by atoms with Crippen molar-refractivity contribution in [1.82, 2.24) is 5.32 Å². The van der Waals surface area contributed by atoms with Gasteiger partial charge in [-0.25, -0.2) is 4.39 Å². The quantitative estimate of drug-likeness (QED) is 0.628. The van der Waals surface area contributed by atoms with E-state index in [2.05, 4.69) is 5.32 Å². The van der Waals surface area contributed by atoms with Crippen LogP contribution in [0.4, 0.5) is 10.1 Å². The summed E-state index contributed by atoms with van der Waals surface area (Å²) in [5.74, 6) is -1.35. The molecule has 0 unspecified atom stereocenters. The van der Waals surface area contributed by atoms with Gasteiger partial charge in [-0.2, -0.15) is 0 Å². The molecule has 160 valence electrons. The monoisotopic (exact) mass is 418 g/mol. The van der Waals surface area contributed by atoms with E-state index in [1.54, 1.807) is 13.0 Å². The number of carbonyl (C=O) groups excluding carboxylic acids is 3. The Morgan fingerprint density at radius 3 is 2.13 bits per heavy atom. The van der Waals surface area contributed by atoms with E-state index in [0.717, 1.165) is 0 Å². The average Bonchev–Trinajstić information content (AvgIpc) is 2.77. The lowest BCUT2D eigenvalue weighted by Crippen LogP contribution is -2.36. The van der Waals surface area contributed by atoms with Crippen LogP contribution in [0, 0.1) is 5.82 Å². The highest BCUT2D eigenvalue weighted by atomic mass is 19.1. The molecule has 0 fully saturated rings. The van der Waals surface area contributed by atoms with Gasteiger partial charge in [0.1, 0.15) is 23.9 Å². The van der Waals surface area contributed by atoms with Gasteiger partial charge < -0.3 is 24.4 Å². The number of nitrogens with zero attached hydrogens (tertiary/aromatic N) is 1. The number of ether oxygens (including phenoxy) is 3. The third-order valence-corrected chi connectivity index (χ3v) is 4.12. The predicted octanol–water partition coefficient (Wildman–Crippen LogP) is 2.17. The van der Waals surface area contributed by atoms with Crippen molar-refractivity contribution < 1.29 is 33.0 Å². The molecule has 9 heteroatoms. The van der Waals surface area contributed by atoms with Crippen LogP contribution in [-0.4, -0.2) is 51.7 Å². The Bertz CT molecular complexity index is 879. The number of hydrogen-bond donors (Lipinski definition) is 1. The molecule has 0 aromatic heterocycles. The summed E-state index contributed by atoms with van der Waals surface area (Å²) in [7, 11) is 2.91. The van der Waals surface area contributed by atoms with E-state index in [1.165, 1.54) is 55.5 Å². The van der Waals surface area contributed by atoms with Crippen LogP contribution >= 0.6 is 0 Å². The summed E-state index contributed by atoms with van der Waals surface area (Å²) in [6.07, 6.45) is 0. The minimum atomic E-state index is -0.776. The molecule has 0 aliphatic carbocycles. The van der Waals surface area contributed by atoms with Gasteiger partial charge >= 0.3 is 5.97 Å². The van der Waals surface area contributed by atoms with Crippen LogP contribution in [0.1, 0.15) is 17.3 Å². The first-order chi connectivity index (χ1) is 14.4. The molecule has 0 atom stereocenters. The number of anilines is 1. The molecule has 0 bridgehead atoms. The third kappa shape index (κ3) is 6.20. The van der Waals surface area contributed by atoms with E-state index in [0.29, 0.717) is 23.7 Å². The number of benzene rings is 2. The van der Waals surface area contributed by atoms with Gasteiger partial charge in [0, 0.05) is 23.9 Å². The molecule has 0 aliphatic heterocycles. The average molecular weight is 418 g/mol. The lowest BCUT2D eigenvalue weighted by molar-refractivity contribution is -0.146. The molecule has 0 saturated heterocycles. The molecule has 8 nitrogen and oxygen atoms in total. The smallest absolute Gasteiger partial charge is 0.325 e. The van der Waals surface area contributed by atoms with Crippen molar-refractivity contribution in [3.05, 3.63) is 53.8 Å².